The van der Waals surface area contributed by atoms with E-state index < -0.39 is 0 Å². The van der Waals surface area contributed by atoms with Gasteiger partial charge in [-0.05, 0) is 48.2 Å². The lowest BCUT2D eigenvalue weighted by atomic mass is 9.94. The molecule has 0 radical (unpaired) electrons. The highest BCUT2D eigenvalue weighted by Crippen LogP contribution is 2.36. The summed E-state index contributed by atoms with van der Waals surface area (Å²) in [6.07, 6.45) is 0.174. The topological polar surface area (TPSA) is 138 Å². The Morgan fingerprint density at radius 3 is 2.35 bits per heavy atom. The van der Waals surface area contributed by atoms with Crippen LogP contribution in [0.15, 0.2) is 58.9 Å². The molecule has 202 valence electrons. The zero-order chi connectivity index (χ0) is 28.6. The minimum absolute atomic E-state index is 0.0565. The number of thioether (sulfide) groups is 1. The van der Waals surface area contributed by atoms with Gasteiger partial charge < -0.3 is 15.8 Å². The molecule has 0 aliphatic rings. The summed E-state index contributed by atoms with van der Waals surface area (Å²) in [7, 11) is 0. The zero-order valence-electron chi connectivity index (χ0n) is 22.4. The van der Waals surface area contributed by atoms with Gasteiger partial charge in [-0.2, -0.15) is 10.5 Å². The van der Waals surface area contributed by atoms with Gasteiger partial charge in [-0.15, -0.1) is 23.1 Å². The van der Waals surface area contributed by atoms with E-state index in [4.69, 9.17) is 10.5 Å². The molecule has 2 heterocycles. The normalized spacial score (nSPS) is 10.7. The molecule has 2 aromatic carbocycles. The molecule has 1 amide bonds. The largest absolute Gasteiger partial charge is 0.494 e. The van der Waals surface area contributed by atoms with Crippen molar-refractivity contribution in [3.8, 4) is 40.3 Å². The fourth-order valence-electron chi connectivity index (χ4n) is 4.00. The van der Waals surface area contributed by atoms with E-state index in [9.17, 15) is 15.3 Å². The van der Waals surface area contributed by atoms with Gasteiger partial charge in [0.25, 0.3) is 0 Å². The summed E-state index contributed by atoms with van der Waals surface area (Å²) in [5.74, 6) is 1.36. The second-order valence-electron chi connectivity index (χ2n) is 9.07. The number of carbonyl (C=O) groups excluding carboxylic acids is 1. The maximum absolute atomic E-state index is 12.6. The summed E-state index contributed by atoms with van der Waals surface area (Å²) in [4.78, 5) is 21.5. The lowest BCUT2D eigenvalue weighted by molar-refractivity contribution is -0.115. The number of ether oxygens (including phenoxy) is 1. The van der Waals surface area contributed by atoms with E-state index in [0.717, 1.165) is 28.1 Å². The van der Waals surface area contributed by atoms with Crippen LogP contribution in [0.3, 0.4) is 0 Å². The van der Waals surface area contributed by atoms with Gasteiger partial charge in [-0.3, -0.25) is 4.79 Å². The number of nitriles is 2. The second-order valence-corrected chi connectivity index (χ2v) is 11.0. The highest BCUT2D eigenvalue weighted by Gasteiger charge is 2.21. The Hall–Kier alpha value is -4.38. The van der Waals surface area contributed by atoms with E-state index in [1.54, 1.807) is 0 Å². The zero-order valence-corrected chi connectivity index (χ0v) is 24.0. The molecule has 40 heavy (non-hydrogen) atoms. The Kier molecular flexibility index (Phi) is 9.39. The number of rotatable bonds is 10. The van der Waals surface area contributed by atoms with Crippen molar-refractivity contribution in [2.24, 2.45) is 0 Å². The maximum atomic E-state index is 12.6. The second kappa shape index (κ2) is 13.1. The van der Waals surface area contributed by atoms with Crippen molar-refractivity contribution in [1.82, 2.24) is 9.97 Å². The fraction of sp³-hybridized carbons (Fsp3) is 0.233. The van der Waals surface area contributed by atoms with E-state index in [1.165, 1.54) is 23.1 Å². The predicted octanol–water partition coefficient (Wildman–Crippen LogP) is 6.84. The number of nitrogens with two attached hydrogens (primary N) is 1. The van der Waals surface area contributed by atoms with Crippen molar-refractivity contribution in [2.75, 3.05) is 23.4 Å². The third-order valence-electron chi connectivity index (χ3n) is 6.06. The molecule has 4 aromatic rings. The molecule has 0 aliphatic carbocycles. The maximum Gasteiger partial charge on any atom is 0.226 e. The number of carbonyl (C=O) groups is 1. The number of nitrogens with one attached hydrogen (secondary N) is 1. The lowest BCUT2D eigenvalue weighted by Crippen LogP contribution is -2.12. The number of benzene rings is 2. The van der Waals surface area contributed by atoms with Gasteiger partial charge in [-0.1, -0.05) is 38.1 Å². The van der Waals surface area contributed by atoms with Crippen LogP contribution in [0.2, 0.25) is 0 Å². The van der Waals surface area contributed by atoms with E-state index in [2.05, 4.69) is 41.3 Å². The first-order chi connectivity index (χ1) is 19.3. The Labute approximate surface area is 241 Å². The average molecular weight is 569 g/mol. The number of nitrogen functional groups attached to an aromatic ring is 1. The van der Waals surface area contributed by atoms with Crippen LogP contribution in [0, 0.1) is 22.7 Å². The number of aromatic nitrogens is 2. The van der Waals surface area contributed by atoms with Crippen molar-refractivity contribution in [3.63, 3.8) is 0 Å². The minimum Gasteiger partial charge on any atom is -0.494 e. The van der Waals surface area contributed by atoms with Gasteiger partial charge >= 0.3 is 0 Å². The van der Waals surface area contributed by atoms with Crippen LogP contribution in [0.1, 0.15) is 49.8 Å². The summed E-state index contributed by atoms with van der Waals surface area (Å²) < 4.78 is 5.48. The molecule has 3 N–H and O–H groups in total. The summed E-state index contributed by atoms with van der Waals surface area (Å²) >= 11 is 2.60. The fourth-order valence-corrected chi connectivity index (χ4v) is 5.67. The van der Waals surface area contributed by atoms with Gasteiger partial charge in [-0.25, -0.2) is 9.97 Å². The molecule has 0 saturated carbocycles. The van der Waals surface area contributed by atoms with Crippen molar-refractivity contribution >= 4 is 40.0 Å². The van der Waals surface area contributed by atoms with Gasteiger partial charge in [0, 0.05) is 28.7 Å². The molecular weight excluding hydrogens is 541 g/mol. The number of anilines is 2. The van der Waals surface area contributed by atoms with Gasteiger partial charge in [0.1, 0.15) is 34.3 Å². The molecule has 0 fully saturated rings. The molecule has 0 spiro atoms. The summed E-state index contributed by atoms with van der Waals surface area (Å²) in [6, 6.07) is 19.7. The third-order valence-corrected chi connectivity index (χ3v) is 7.80. The van der Waals surface area contributed by atoms with Crippen molar-refractivity contribution < 1.29 is 9.53 Å². The number of hydrogen-bond acceptors (Lipinski definition) is 9. The molecule has 4 rings (SSSR count). The van der Waals surface area contributed by atoms with E-state index in [0.29, 0.717) is 34.0 Å². The smallest absolute Gasteiger partial charge is 0.226 e. The van der Waals surface area contributed by atoms with Crippen molar-refractivity contribution in [3.05, 3.63) is 70.6 Å². The Balaban J connectivity index is 1.44. The van der Waals surface area contributed by atoms with Crippen LogP contribution >= 0.6 is 23.1 Å². The lowest BCUT2D eigenvalue weighted by Gasteiger charge is -2.14. The SMILES string of the molecule is CCOc1ccc(-c2csc(NC(=O)CCSc3nc(N)c(C#N)c(-c4ccc(C(C)C)cc4)c3C#N)n2)cc1. The minimum atomic E-state index is -0.204. The summed E-state index contributed by atoms with van der Waals surface area (Å²) in [6.45, 7) is 6.73. The predicted molar refractivity (Wildman–Crippen MR) is 160 cm³/mol. The van der Waals surface area contributed by atoms with Crippen LogP contribution < -0.4 is 15.8 Å². The highest BCUT2D eigenvalue weighted by atomic mass is 32.2. The molecule has 0 bridgehead atoms. The van der Waals surface area contributed by atoms with E-state index >= 15 is 0 Å². The van der Waals surface area contributed by atoms with Crippen LogP contribution in [-0.4, -0.2) is 28.2 Å². The molecule has 2 aromatic heterocycles. The number of nitrogens with zero attached hydrogens (tertiary/aromatic N) is 4. The first-order valence-corrected chi connectivity index (χ1v) is 14.6. The molecule has 0 unspecified atom stereocenters. The van der Waals surface area contributed by atoms with Gasteiger partial charge in [0.2, 0.25) is 5.91 Å². The van der Waals surface area contributed by atoms with Gasteiger partial charge in [0.05, 0.1) is 17.9 Å². The number of thiazole rings is 1. The summed E-state index contributed by atoms with van der Waals surface area (Å²) in [5.41, 5.74) is 10.6. The molecular formula is C30H28N6O2S2. The Morgan fingerprint density at radius 2 is 1.73 bits per heavy atom. The Bertz CT molecular complexity index is 1580. The Morgan fingerprint density at radius 1 is 1.05 bits per heavy atom. The van der Waals surface area contributed by atoms with Crippen LogP contribution in [0.25, 0.3) is 22.4 Å². The quantitative estimate of drug-likeness (QED) is 0.198. The van der Waals surface area contributed by atoms with E-state index in [1.807, 2.05) is 60.8 Å². The molecule has 0 saturated heterocycles. The van der Waals surface area contributed by atoms with Crippen LogP contribution in [-0.2, 0) is 4.79 Å². The standard InChI is InChI=1S/C30H28N6O2S2/c1-4-38-22-11-9-20(10-12-22)25-17-40-30(34-25)35-26(37)13-14-39-29-24(16-32)27(23(15-31)28(33)36-29)21-7-5-19(6-8-21)18(2)3/h5-12,17-18H,4,13-14H2,1-3H3,(H2,33,36)(H,34,35,37). The molecule has 8 nitrogen and oxygen atoms in total. The van der Waals surface area contributed by atoms with Crippen molar-refractivity contribution in [2.45, 2.75) is 38.1 Å². The van der Waals surface area contributed by atoms with Gasteiger partial charge in [0.15, 0.2) is 5.13 Å². The van der Waals surface area contributed by atoms with Crippen LogP contribution in [0.5, 0.6) is 5.75 Å². The average Bonchev–Trinajstić information content (AvgIpc) is 3.41. The number of pyridine rings is 1. The molecule has 0 aliphatic heterocycles. The van der Waals surface area contributed by atoms with Crippen molar-refractivity contribution in [1.29, 1.82) is 10.5 Å². The number of hydrogen-bond donors (Lipinski definition) is 2. The number of amides is 1. The van der Waals surface area contributed by atoms with E-state index in [-0.39, 0.29) is 29.3 Å². The first kappa shape index (κ1) is 28.6. The highest BCUT2D eigenvalue weighted by molar-refractivity contribution is 7.99. The monoisotopic (exact) mass is 568 g/mol. The third kappa shape index (κ3) is 6.60. The molecule has 0 atom stereocenters. The molecule has 10 heteroatoms. The first-order valence-electron chi connectivity index (χ1n) is 12.7. The summed E-state index contributed by atoms with van der Waals surface area (Å²) in [5, 5.41) is 25.4. The van der Waals surface area contributed by atoms with Crippen LogP contribution in [0.4, 0.5) is 10.9 Å².